The Kier molecular flexibility index (Phi) is 9.96. The van der Waals surface area contributed by atoms with Crippen molar-refractivity contribution in [2.24, 2.45) is 5.16 Å². The van der Waals surface area contributed by atoms with Crippen LogP contribution in [0.15, 0.2) is 95.6 Å². The molecule has 2 aromatic rings. The smallest absolute Gasteiger partial charge is 0.135 e. The summed E-state index contributed by atoms with van der Waals surface area (Å²) in [5.41, 5.74) is 2.68. The second-order valence-electron chi connectivity index (χ2n) is 6.35. The minimum atomic E-state index is 0.357. The zero-order valence-corrected chi connectivity index (χ0v) is 18.3. The zero-order valence-electron chi connectivity index (χ0n) is 16.8. The van der Waals surface area contributed by atoms with Crippen molar-refractivity contribution in [3.63, 3.8) is 0 Å². The average molecular weight is 455 g/mol. The molecule has 2 aromatic carbocycles. The van der Waals surface area contributed by atoms with Gasteiger partial charge in [0.2, 0.25) is 0 Å². The van der Waals surface area contributed by atoms with E-state index in [1.807, 2.05) is 60.7 Å². The Labute approximate surface area is 182 Å². The van der Waals surface area contributed by atoms with Gasteiger partial charge in [-0.1, -0.05) is 64.1 Å². The number of oxime groups is 1. The van der Waals surface area contributed by atoms with Gasteiger partial charge in [-0.15, -0.1) is 6.58 Å². The second kappa shape index (κ2) is 12.8. The maximum atomic E-state index is 5.79. The molecule has 2 rings (SSSR count). The lowest BCUT2D eigenvalue weighted by Crippen LogP contribution is -2.17. The van der Waals surface area contributed by atoms with E-state index in [-0.39, 0.29) is 0 Å². The first-order chi connectivity index (χ1) is 14.1. The van der Waals surface area contributed by atoms with Gasteiger partial charge in [0.1, 0.15) is 24.7 Å². The molecule has 152 valence electrons. The van der Waals surface area contributed by atoms with Crippen molar-refractivity contribution in [3.8, 4) is 5.75 Å². The number of halogens is 1. The summed E-state index contributed by atoms with van der Waals surface area (Å²) >= 11 is 3.46. The van der Waals surface area contributed by atoms with Crippen molar-refractivity contribution in [2.75, 3.05) is 33.4 Å². The number of hydrogen-bond acceptors (Lipinski definition) is 4. The number of rotatable bonds is 12. The average Bonchev–Trinajstić information content (AvgIpc) is 2.73. The highest BCUT2D eigenvalue weighted by Gasteiger charge is 2.09. The first-order valence-corrected chi connectivity index (χ1v) is 10.2. The van der Waals surface area contributed by atoms with Gasteiger partial charge >= 0.3 is 0 Å². The summed E-state index contributed by atoms with van der Waals surface area (Å²) in [7, 11) is 2.05. The lowest BCUT2D eigenvalue weighted by Gasteiger charge is -2.10. The summed E-state index contributed by atoms with van der Waals surface area (Å²) < 4.78 is 6.80. The molecule has 4 nitrogen and oxygen atoms in total. The first kappa shape index (κ1) is 22.7. The van der Waals surface area contributed by atoms with Gasteiger partial charge in [-0.05, 0) is 43.4 Å². The molecule has 0 aromatic heterocycles. The normalized spacial score (nSPS) is 11.6. The minimum absolute atomic E-state index is 0.357. The molecule has 0 radical (unpaired) electrons. The molecule has 0 heterocycles. The van der Waals surface area contributed by atoms with E-state index < -0.39 is 0 Å². The molecule has 5 heteroatoms. The van der Waals surface area contributed by atoms with E-state index in [0.717, 1.165) is 40.2 Å². The Hall–Kier alpha value is -2.63. The fourth-order valence-electron chi connectivity index (χ4n) is 2.51. The van der Waals surface area contributed by atoms with Gasteiger partial charge in [0.05, 0.1) is 0 Å². The van der Waals surface area contributed by atoms with Crippen molar-refractivity contribution in [1.82, 2.24) is 4.90 Å². The Morgan fingerprint density at radius 2 is 1.59 bits per heavy atom. The Balaban J connectivity index is 2.02. The molecule has 0 aliphatic heterocycles. The SMILES string of the molecule is C=CCON=C(c1ccc(Br)cc1)c1ccc(OCC=CCN(C)CC=C)cc1. The van der Waals surface area contributed by atoms with E-state index in [0.29, 0.717) is 13.2 Å². The van der Waals surface area contributed by atoms with Crippen LogP contribution in [0.5, 0.6) is 5.75 Å². The number of hydrogen-bond donors (Lipinski definition) is 0. The van der Waals surface area contributed by atoms with Crippen molar-refractivity contribution < 1.29 is 9.57 Å². The number of benzene rings is 2. The molecule has 0 saturated heterocycles. The predicted molar refractivity (Wildman–Crippen MR) is 125 cm³/mol. The number of likely N-dealkylation sites (N-methyl/N-ethyl adjacent to an activating group) is 1. The van der Waals surface area contributed by atoms with Gasteiger partial charge in [0.15, 0.2) is 0 Å². The Morgan fingerprint density at radius 3 is 2.21 bits per heavy atom. The van der Waals surface area contributed by atoms with Crippen LogP contribution < -0.4 is 4.74 Å². The van der Waals surface area contributed by atoms with Crippen LogP contribution in [-0.2, 0) is 4.84 Å². The van der Waals surface area contributed by atoms with Crippen molar-refractivity contribution in [2.45, 2.75) is 0 Å². The van der Waals surface area contributed by atoms with E-state index in [1.54, 1.807) is 6.08 Å². The minimum Gasteiger partial charge on any atom is -0.490 e. The molecule has 0 saturated carbocycles. The molecule has 0 amide bonds. The highest BCUT2D eigenvalue weighted by Crippen LogP contribution is 2.18. The third kappa shape index (κ3) is 8.10. The maximum absolute atomic E-state index is 5.79. The summed E-state index contributed by atoms with van der Waals surface area (Å²) in [5, 5.41) is 4.30. The second-order valence-corrected chi connectivity index (χ2v) is 7.26. The molecular weight excluding hydrogens is 428 g/mol. The first-order valence-electron chi connectivity index (χ1n) is 9.38. The van der Waals surface area contributed by atoms with E-state index in [1.165, 1.54) is 0 Å². The van der Waals surface area contributed by atoms with Crippen LogP contribution in [0.2, 0.25) is 0 Å². The molecule has 0 aliphatic carbocycles. The van der Waals surface area contributed by atoms with E-state index in [9.17, 15) is 0 Å². The number of nitrogens with zero attached hydrogens (tertiary/aromatic N) is 2. The van der Waals surface area contributed by atoms with Gasteiger partial charge in [-0.2, -0.15) is 0 Å². The molecule has 0 unspecified atom stereocenters. The van der Waals surface area contributed by atoms with Gasteiger partial charge < -0.3 is 9.57 Å². The zero-order chi connectivity index (χ0) is 20.9. The summed E-state index contributed by atoms with van der Waals surface area (Å²) in [6, 6.07) is 15.8. The topological polar surface area (TPSA) is 34.1 Å². The van der Waals surface area contributed by atoms with Gasteiger partial charge in [-0.3, -0.25) is 4.90 Å². The van der Waals surface area contributed by atoms with Crippen LogP contribution in [0.4, 0.5) is 0 Å². The third-order valence-corrected chi connectivity index (χ3v) is 4.49. The van der Waals surface area contributed by atoms with Crippen molar-refractivity contribution in [1.29, 1.82) is 0 Å². The van der Waals surface area contributed by atoms with Crippen LogP contribution in [0.25, 0.3) is 0 Å². The standard InChI is InChI=1S/C24H27BrN2O2/c1-4-16-27(3)17-6-7-19-28-23-14-10-21(11-15-23)24(26-29-18-5-2)20-8-12-22(25)13-9-20/h4-15H,1-2,16-19H2,3H3. The summed E-state index contributed by atoms with van der Waals surface area (Å²) in [6.07, 6.45) is 7.67. The highest BCUT2D eigenvalue weighted by molar-refractivity contribution is 9.10. The molecule has 0 bridgehead atoms. The van der Waals surface area contributed by atoms with Crippen LogP contribution in [0.3, 0.4) is 0 Å². The lowest BCUT2D eigenvalue weighted by molar-refractivity contribution is 0.175. The van der Waals surface area contributed by atoms with Crippen LogP contribution in [-0.4, -0.2) is 44.0 Å². The Bertz CT molecular complexity index is 827. The molecular formula is C24H27BrN2O2. The summed E-state index contributed by atoms with van der Waals surface area (Å²) in [4.78, 5) is 7.51. The maximum Gasteiger partial charge on any atom is 0.135 e. The molecule has 0 fully saturated rings. The largest absolute Gasteiger partial charge is 0.490 e. The summed E-state index contributed by atoms with van der Waals surface area (Å²) in [5.74, 6) is 0.806. The fraction of sp³-hybridized carbons (Fsp3) is 0.208. The van der Waals surface area contributed by atoms with Crippen LogP contribution >= 0.6 is 15.9 Å². The molecule has 0 atom stereocenters. The lowest BCUT2D eigenvalue weighted by atomic mass is 10.0. The molecule has 0 spiro atoms. The van der Waals surface area contributed by atoms with Gasteiger partial charge in [-0.25, -0.2) is 0 Å². The monoisotopic (exact) mass is 454 g/mol. The highest BCUT2D eigenvalue weighted by atomic mass is 79.9. The molecule has 0 aliphatic rings. The van der Waals surface area contributed by atoms with Crippen molar-refractivity contribution in [3.05, 3.63) is 102 Å². The van der Waals surface area contributed by atoms with Crippen molar-refractivity contribution >= 4 is 21.6 Å². The Morgan fingerprint density at radius 1 is 0.931 bits per heavy atom. The molecule has 29 heavy (non-hydrogen) atoms. The van der Waals surface area contributed by atoms with Gasteiger partial charge in [0, 0.05) is 28.7 Å². The predicted octanol–water partition coefficient (Wildman–Crippen LogP) is 5.46. The summed E-state index contributed by atoms with van der Waals surface area (Å²) in [6.45, 7) is 10.0. The van der Waals surface area contributed by atoms with E-state index in [2.05, 4.69) is 52.3 Å². The third-order valence-electron chi connectivity index (χ3n) is 3.96. The fourth-order valence-corrected chi connectivity index (χ4v) is 2.77. The van der Waals surface area contributed by atoms with E-state index >= 15 is 0 Å². The van der Waals surface area contributed by atoms with Gasteiger partial charge in [0.25, 0.3) is 0 Å². The van der Waals surface area contributed by atoms with E-state index in [4.69, 9.17) is 9.57 Å². The van der Waals surface area contributed by atoms with Crippen LogP contribution in [0.1, 0.15) is 11.1 Å². The molecule has 0 N–H and O–H groups in total. The number of ether oxygens (including phenoxy) is 1. The quantitative estimate of drug-likeness (QED) is 0.185. The van der Waals surface area contributed by atoms with Crippen LogP contribution in [0, 0.1) is 0 Å².